The van der Waals surface area contributed by atoms with E-state index in [0.29, 0.717) is 24.4 Å². The molecule has 2 aromatic rings. The van der Waals surface area contributed by atoms with Crippen LogP contribution < -0.4 is 10.2 Å². The van der Waals surface area contributed by atoms with E-state index < -0.39 is 0 Å². The van der Waals surface area contributed by atoms with Gasteiger partial charge in [0.2, 0.25) is 5.91 Å². The quantitative estimate of drug-likeness (QED) is 0.879. The van der Waals surface area contributed by atoms with Gasteiger partial charge in [0.15, 0.2) is 5.13 Å². The zero-order valence-corrected chi connectivity index (χ0v) is 15.5. The van der Waals surface area contributed by atoms with Gasteiger partial charge in [-0.1, -0.05) is 19.1 Å². The summed E-state index contributed by atoms with van der Waals surface area (Å²) in [5.74, 6) is 0.351. The maximum absolute atomic E-state index is 14.3. The van der Waals surface area contributed by atoms with Gasteiger partial charge < -0.3 is 10.2 Å². The van der Waals surface area contributed by atoms with Crippen LogP contribution in [0.1, 0.15) is 32.3 Å². The number of benzene rings is 1. The first-order chi connectivity index (χ1) is 12.0. The molecule has 1 N–H and O–H groups in total. The minimum absolute atomic E-state index is 0.0981. The van der Waals surface area contributed by atoms with Gasteiger partial charge in [-0.05, 0) is 36.8 Å². The van der Waals surface area contributed by atoms with Crippen molar-refractivity contribution >= 4 is 22.4 Å². The van der Waals surface area contributed by atoms with Gasteiger partial charge in [0, 0.05) is 37.5 Å². The topological polar surface area (TPSA) is 45.2 Å². The summed E-state index contributed by atoms with van der Waals surface area (Å²) in [7, 11) is 0. The largest absolute Gasteiger partial charge is 0.356 e. The van der Waals surface area contributed by atoms with Gasteiger partial charge >= 0.3 is 0 Å². The molecular formula is C19H24FN3OS. The van der Waals surface area contributed by atoms with Crippen LogP contribution in [0.3, 0.4) is 0 Å². The van der Waals surface area contributed by atoms with Gasteiger partial charge in [-0.15, -0.1) is 11.3 Å². The molecule has 0 bridgehead atoms. The summed E-state index contributed by atoms with van der Waals surface area (Å²) >= 11 is 1.62. The first-order valence-electron chi connectivity index (χ1n) is 8.76. The third-order valence-electron chi connectivity index (χ3n) is 4.54. The Morgan fingerprint density at radius 3 is 3.04 bits per heavy atom. The number of carbonyl (C=O) groups is 1. The van der Waals surface area contributed by atoms with Crippen LogP contribution in [0.15, 0.2) is 23.6 Å². The molecule has 1 aromatic carbocycles. The minimum atomic E-state index is -0.246. The first-order valence-corrected chi connectivity index (χ1v) is 9.64. The van der Waals surface area contributed by atoms with Crippen molar-refractivity contribution in [2.45, 2.75) is 33.1 Å². The third-order valence-corrected chi connectivity index (χ3v) is 5.44. The normalized spacial score (nSPS) is 17.6. The van der Waals surface area contributed by atoms with Crippen molar-refractivity contribution in [1.82, 2.24) is 10.3 Å². The number of piperidine rings is 1. The lowest BCUT2D eigenvalue weighted by Gasteiger charge is -2.30. The molecule has 6 heteroatoms. The smallest absolute Gasteiger partial charge is 0.216 e. The molecule has 0 saturated carbocycles. The Kier molecular flexibility index (Phi) is 5.68. The monoisotopic (exact) mass is 361 g/mol. The number of amides is 1. The van der Waals surface area contributed by atoms with E-state index in [1.807, 2.05) is 11.4 Å². The zero-order valence-electron chi connectivity index (χ0n) is 14.7. The van der Waals surface area contributed by atoms with Crippen LogP contribution in [0.4, 0.5) is 9.52 Å². The average Bonchev–Trinajstić information content (AvgIpc) is 3.06. The molecule has 1 amide bonds. The van der Waals surface area contributed by atoms with E-state index in [9.17, 15) is 9.18 Å². The van der Waals surface area contributed by atoms with E-state index >= 15 is 0 Å². The van der Waals surface area contributed by atoms with E-state index in [2.05, 4.69) is 17.1 Å². The van der Waals surface area contributed by atoms with Crippen LogP contribution in [-0.4, -0.2) is 30.5 Å². The summed E-state index contributed by atoms with van der Waals surface area (Å²) in [5, 5.41) is 5.71. The second-order valence-electron chi connectivity index (χ2n) is 6.75. The molecule has 134 valence electrons. The lowest BCUT2D eigenvalue weighted by molar-refractivity contribution is -0.118. The van der Waals surface area contributed by atoms with Gasteiger partial charge in [-0.25, -0.2) is 9.37 Å². The number of halogens is 1. The third kappa shape index (κ3) is 4.57. The minimum Gasteiger partial charge on any atom is -0.356 e. The number of hydrogen-bond donors (Lipinski definition) is 1. The summed E-state index contributed by atoms with van der Waals surface area (Å²) < 4.78 is 14.3. The Morgan fingerprint density at radius 1 is 1.48 bits per heavy atom. The number of carbonyl (C=O) groups excluding carboxylic acids is 1. The number of hydrogen-bond acceptors (Lipinski definition) is 4. The van der Waals surface area contributed by atoms with E-state index in [0.717, 1.165) is 29.5 Å². The van der Waals surface area contributed by atoms with E-state index in [1.54, 1.807) is 23.5 Å². The Balaban J connectivity index is 1.70. The van der Waals surface area contributed by atoms with E-state index in [4.69, 9.17) is 4.98 Å². The molecule has 25 heavy (non-hydrogen) atoms. The maximum atomic E-state index is 14.3. The highest BCUT2D eigenvalue weighted by Gasteiger charge is 2.19. The molecule has 1 aliphatic rings. The van der Waals surface area contributed by atoms with Crippen LogP contribution in [0.2, 0.25) is 0 Å². The molecule has 0 aliphatic carbocycles. The lowest BCUT2D eigenvalue weighted by atomic mass is 10.0. The highest BCUT2D eigenvalue weighted by molar-refractivity contribution is 7.14. The Hall–Kier alpha value is -1.95. The average molecular weight is 361 g/mol. The van der Waals surface area contributed by atoms with Crippen molar-refractivity contribution < 1.29 is 9.18 Å². The van der Waals surface area contributed by atoms with Crippen molar-refractivity contribution in [3.63, 3.8) is 0 Å². The molecule has 1 fully saturated rings. The van der Waals surface area contributed by atoms with Crippen molar-refractivity contribution in [2.75, 3.05) is 24.5 Å². The number of anilines is 1. The van der Waals surface area contributed by atoms with Crippen molar-refractivity contribution in [2.24, 2.45) is 5.92 Å². The molecule has 1 aliphatic heterocycles. The summed E-state index contributed by atoms with van der Waals surface area (Å²) in [6.45, 7) is 6.27. The zero-order chi connectivity index (χ0) is 17.8. The standard InChI is InChI=1S/C19H24FN3OS/c1-13-4-3-9-23(11-13)19-22-18(12-25-19)16-6-5-15(17(20)10-16)7-8-21-14(2)24/h5-6,10,12-13H,3-4,7-9,11H2,1-2H3,(H,21,24)/t13-/m1/s1. The summed E-state index contributed by atoms with van der Waals surface area (Å²) in [5.41, 5.74) is 2.23. The van der Waals surface area contributed by atoms with Gasteiger partial charge in [0.05, 0.1) is 5.69 Å². The molecule has 0 radical (unpaired) electrons. The van der Waals surface area contributed by atoms with Crippen LogP contribution in [0.5, 0.6) is 0 Å². The fourth-order valence-corrected chi connectivity index (χ4v) is 4.06. The molecular weight excluding hydrogens is 337 g/mol. The Labute approximate surface area is 152 Å². The van der Waals surface area contributed by atoms with Crippen LogP contribution >= 0.6 is 11.3 Å². The fraction of sp³-hybridized carbons (Fsp3) is 0.474. The van der Waals surface area contributed by atoms with Crippen LogP contribution in [-0.2, 0) is 11.2 Å². The number of rotatable bonds is 5. The summed E-state index contributed by atoms with van der Waals surface area (Å²) in [6, 6.07) is 5.24. The second-order valence-corrected chi connectivity index (χ2v) is 7.58. The van der Waals surface area contributed by atoms with Crippen LogP contribution in [0.25, 0.3) is 11.3 Å². The van der Waals surface area contributed by atoms with Crippen molar-refractivity contribution in [1.29, 1.82) is 0 Å². The molecule has 3 rings (SSSR count). The molecule has 0 spiro atoms. The number of aromatic nitrogens is 1. The van der Waals surface area contributed by atoms with Gasteiger partial charge in [0.1, 0.15) is 5.82 Å². The predicted octanol–water partition coefficient (Wildman–Crippen LogP) is 3.86. The highest BCUT2D eigenvalue weighted by Crippen LogP contribution is 2.31. The molecule has 4 nitrogen and oxygen atoms in total. The van der Waals surface area contributed by atoms with Gasteiger partial charge in [-0.3, -0.25) is 4.79 Å². The number of nitrogens with zero attached hydrogens (tertiary/aromatic N) is 2. The molecule has 1 saturated heterocycles. The Morgan fingerprint density at radius 2 is 2.32 bits per heavy atom. The van der Waals surface area contributed by atoms with Gasteiger partial charge in [-0.2, -0.15) is 0 Å². The fourth-order valence-electron chi connectivity index (χ4n) is 3.19. The van der Waals surface area contributed by atoms with Crippen LogP contribution in [0, 0.1) is 11.7 Å². The summed E-state index contributed by atoms with van der Waals surface area (Å²) in [4.78, 5) is 17.9. The summed E-state index contributed by atoms with van der Waals surface area (Å²) in [6.07, 6.45) is 2.97. The predicted molar refractivity (Wildman–Crippen MR) is 101 cm³/mol. The molecule has 1 atom stereocenters. The van der Waals surface area contributed by atoms with Crippen molar-refractivity contribution in [3.8, 4) is 11.3 Å². The van der Waals surface area contributed by atoms with E-state index in [1.165, 1.54) is 19.8 Å². The lowest BCUT2D eigenvalue weighted by Crippen LogP contribution is -2.34. The second kappa shape index (κ2) is 7.95. The first kappa shape index (κ1) is 17.9. The van der Waals surface area contributed by atoms with Crippen molar-refractivity contribution in [3.05, 3.63) is 35.0 Å². The maximum Gasteiger partial charge on any atom is 0.216 e. The molecule has 0 unspecified atom stereocenters. The van der Waals surface area contributed by atoms with Gasteiger partial charge in [0.25, 0.3) is 0 Å². The molecule has 1 aromatic heterocycles. The number of thiazole rings is 1. The SMILES string of the molecule is CC(=O)NCCc1ccc(-c2csc(N3CCC[C@@H](C)C3)n2)cc1F. The Bertz CT molecular complexity index is 746. The molecule has 2 heterocycles. The van der Waals surface area contributed by atoms with E-state index in [-0.39, 0.29) is 11.7 Å². The highest BCUT2D eigenvalue weighted by atomic mass is 32.1. The number of nitrogens with one attached hydrogen (secondary N) is 1.